The van der Waals surface area contributed by atoms with E-state index in [9.17, 15) is 4.79 Å². The Bertz CT molecular complexity index is 670. The lowest BCUT2D eigenvalue weighted by molar-refractivity contribution is -0.118. The fourth-order valence-electron chi connectivity index (χ4n) is 2.60. The first kappa shape index (κ1) is 14.0. The van der Waals surface area contributed by atoms with E-state index in [1.54, 1.807) is 6.07 Å². The number of carbonyl (C=O) groups is 1. The Kier molecular flexibility index (Phi) is 3.38. The minimum Gasteiger partial charge on any atom is -0.399 e. The molecule has 0 unspecified atom stereocenters. The number of nitrogens with two attached hydrogens (primary N) is 1. The van der Waals surface area contributed by atoms with Gasteiger partial charge in [0.1, 0.15) is 0 Å². The van der Waals surface area contributed by atoms with Crippen LogP contribution >= 0.6 is 11.6 Å². The van der Waals surface area contributed by atoms with Crippen LogP contribution in [0.2, 0.25) is 5.02 Å². The van der Waals surface area contributed by atoms with Gasteiger partial charge in [-0.05, 0) is 49.1 Å². The van der Waals surface area contributed by atoms with E-state index in [2.05, 4.69) is 5.32 Å². The Balaban J connectivity index is 1.87. The van der Waals surface area contributed by atoms with Crippen LogP contribution in [0.4, 0.5) is 11.4 Å². The van der Waals surface area contributed by atoms with Gasteiger partial charge in [0.15, 0.2) is 0 Å². The summed E-state index contributed by atoms with van der Waals surface area (Å²) in [6, 6.07) is 13.1. The van der Waals surface area contributed by atoms with Crippen LogP contribution in [0.1, 0.15) is 24.0 Å². The first-order valence-corrected chi connectivity index (χ1v) is 7.33. The van der Waals surface area contributed by atoms with Crippen molar-refractivity contribution in [1.29, 1.82) is 0 Å². The molecule has 21 heavy (non-hydrogen) atoms. The first-order valence-electron chi connectivity index (χ1n) is 6.95. The van der Waals surface area contributed by atoms with E-state index >= 15 is 0 Å². The molecule has 1 aliphatic carbocycles. The summed E-state index contributed by atoms with van der Waals surface area (Å²) >= 11 is 6.18. The molecule has 108 valence electrons. The number of anilines is 2. The molecule has 2 aromatic carbocycles. The van der Waals surface area contributed by atoms with E-state index in [-0.39, 0.29) is 5.91 Å². The van der Waals surface area contributed by atoms with Crippen LogP contribution in [0.5, 0.6) is 0 Å². The number of amides is 1. The van der Waals surface area contributed by atoms with Gasteiger partial charge in [-0.1, -0.05) is 35.9 Å². The highest BCUT2D eigenvalue weighted by atomic mass is 35.5. The molecule has 0 saturated heterocycles. The monoisotopic (exact) mass is 300 g/mol. The van der Waals surface area contributed by atoms with Gasteiger partial charge in [0.05, 0.1) is 16.1 Å². The number of hydrogen-bond acceptors (Lipinski definition) is 2. The average molecular weight is 301 g/mol. The Hall–Kier alpha value is -2.00. The minimum atomic E-state index is -0.431. The molecule has 1 aliphatic rings. The molecule has 3 N–H and O–H groups in total. The van der Waals surface area contributed by atoms with Crippen LogP contribution in [-0.2, 0) is 10.2 Å². The lowest BCUT2D eigenvalue weighted by Gasteiger charge is -2.18. The zero-order valence-corrected chi connectivity index (χ0v) is 12.6. The number of rotatable bonds is 3. The lowest BCUT2D eigenvalue weighted by Crippen LogP contribution is -2.28. The van der Waals surface area contributed by atoms with Crippen molar-refractivity contribution in [2.45, 2.75) is 25.2 Å². The number of carbonyl (C=O) groups excluding carboxylic acids is 1. The quantitative estimate of drug-likeness (QED) is 0.845. The standard InChI is InChI=1S/C17H17ClN2O/c1-11-3-2-4-14(18)15(11)20-16(21)17(9-10-17)12-5-7-13(19)8-6-12/h2-8H,9-10,19H2,1H3,(H,20,21). The Morgan fingerprint density at radius 3 is 2.43 bits per heavy atom. The molecule has 3 rings (SSSR count). The number of nitrogens with one attached hydrogen (secondary N) is 1. The molecule has 0 aromatic heterocycles. The maximum absolute atomic E-state index is 12.7. The van der Waals surface area contributed by atoms with Crippen LogP contribution in [0.15, 0.2) is 42.5 Å². The fraction of sp³-hybridized carbons (Fsp3) is 0.235. The van der Waals surface area contributed by atoms with Crippen LogP contribution < -0.4 is 11.1 Å². The number of halogens is 1. The number of nitrogen functional groups attached to an aromatic ring is 1. The van der Waals surface area contributed by atoms with Crippen molar-refractivity contribution >= 4 is 28.9 Å². The summed E-state index contributed by atoms with van der Waals surface area (Å²) in [7, 11) is 0. The molecule has 1 fully saturated rings. The number of benzene rings is 2. The lowest BCUT2D eigenvalue weighted by atomic mass is 9.94. The first-order chi connectivity index (χ1) is 10.0. The van der Waals surface area contributed by atoms with Crippen LogP contribution in [0, 0.1) is 6.92 Å². The van der Waals surface area contributed by atoms with Crippen molar-refractivity contribution in [2.75, 3.05) is 11.1 Å². The van der Waals surface area contributed by atoms with Gasteiger partial charge in [-0.3, -0.25) is 4.79 Å². The molecule has 0 radical (unpaired) electrons. The molecule has 0 aliphatic heterocycles. The third-order valence-electron chi connectivity index (χ3n) is 4.11. The summed E-state index contributed by atoms with van der Waals surface area (Å²) in [6.45, 7) is 1.93. The Morgan fingerprint density at radius 1 is 1.19 bits per heavy atom. The summed E-state index contributed by atoms with van der Waals surface area (Å²) in [5.74, 6) is 0.00321. The SMILES string of the molecule is Cc1cccc(Cl)c1NC(=O)C1(c2ccc(N)cc2)CC1. The van der Waals surface area contributed by atoms with Gasteiger partial charge in [0, 0.05) is 5.69 Å². The van der Waals surface area contributed by atoms with Crippen molar-refractivity contribution in [3.63, 3.8) is 0 Å². The highest BCUT2D eigenvalue weighted by Gasteiger charge is 2.51. The Labute approximate surface area is 129 Å². The third kappa shape index (κ3) is 2.49. The van der Waals surface area contributed by atoms with E-state index in [0.717, 1.165) is 24.0 Å². The summed E-state index contributed by atoms with van der Waals surface area (Å²) < 4.78 is 0. The molecule has 0 bridgehead atoms. The normalized spacial score (nSPS) is 15.5. The fourth-order valence-corrected chi connectivity index (χ4v) is 2.87. The van der Waals surface area contributed by atoms with Crippen LogP contribution in [-0.4, -0.2) is 5.91 Å². The van der Waals surface area contributed by atoms with Gasteiger partial charge in [0.25, 0.3) is 0 Å². The molecule has 4 heteroatoms. The van der Waals surface area contributed by atoms with Crippen molar-refractivity contribution < 1.29 is 4.79 Å². The Morgan fingerprint density at radius 2 is 1.86 bits per heavy atom. The molecule has 1 saturated carbocycles. The zero-order valence-electron chi connectivity index (χ0n) is 11.8. The average Bonchev–Trinajstić information content (AvgIpc) is 3.25. The summed E-state index contributed by atoms with van der Waals surface area (Å²) in [6.07, 6.45) is 1.71. The number of para-hydroxylation sites is 1. The van der Waals surface area contributed by atoms with Gasteiger partial charge in [0.2, 0.25) is 5.91 Å². The van der Waals surface area contributed by atoms with Gasteiger partial charge in [-0.25, -0.2) is 0 Å². The van der Waals surface area contributed by atoms with E-state index in [4.69, 9.17) is 17.3 Å². The molecule has 3 nitrogen and oxygen atoms in total. The topological polar surface area (TPSA) is 55.1 Å². The van der Waals surface area contributed by atoms with Crippen LogP contribution in [0.3, 0.4) is 0 Å². The largest absolute Gasteiger partial charge is 0.399 e. The summed E-state index contributed by atoms with van der Waals surface area (Å²) in [5.41, 5.74) is 8.66. The molecule has 2 aromatic rings. The maximum Gasteiger partial charge on any atom is 0.235 e. The molecule has 1 amide bonds. The highest BCUT2D eigenvalue weighted by molar-refractivity contribution is 6.34. The predicted molar refractivity (Wildman–Crippen MR) is 86.6 cm³/mol. The van der Waals surface area contributed by atoms with Crippen molar-refractivity contribution in [3.8, 4) is 0 Å². The minimum absolute atomic E-state index is 0.00321. The molecular weight excluding hydrogens is 284 g/mol. The van der Waals surface area contributed by atoms with E-state index in [0.29, 0.717) is 16.4 Å². The molecule has 0 spiro atoms. The number of hydrogen-bond donors (Lipinski definition) is 2. The van der Waals surface area contributed by atoms with Gasteiger partial charge < -0.3 is 11.1 Å². The van der Waals surface area contributed by atoms with Crippen molar-refractivity contribution in [3.05, 3.63) is 58.6 Å². The molecular formula is C17H17ClN2O. The van der Waals surface area contributed by atoms with Crippen molar-refractivity contribution in [1.82, 2.24) is 0 Å². The second-order valence-corrected chi connectivity index (χ2v) is 6.00. The summed E-state index contributed by atoms with van der Waals surface area (Å²) in [4.78, 5) is 12.7. The number of aryl methyl sites for hydroxylation is 1. The van der Waals surface area contributed by atoms with Crippen LogP contribution in [0.25, 0.3) is 0 Å². The van der Waals surface area contributed by atoms with Crippen molar-refractivity contribution in [2.24, 2.45) is 0 Å². The smallest absolute Gasteiger partial charge is 0.235 e. The predicted octanol–water partition coefficient (Wildman–Crippen LogP) is 3.90. The second-order valence-electron chi connectivity index (χ2n) is 5.59. The van der Waals surface area contributed by atoms with E-state index in [1.165, 1.54) is 0 Å². The second kappa shape index (κ2) is 5.08. The summed E-state index contributed by atoms with van der Waals surface area (Å²) in [5, 5.41) is 3.56. The molecule has 0 heterocycles. The maximum atomic E-state index is 12.7. The van der Waals surface area contributed by atoms with Gasteiger partial charge in [-0.2, -0.15) is 0 Å². The third-order valence-corrected chi connectivity index (χ3v) is 4.42. The van der Waals surface area contributed by atoms with Gasteiger partial charge >= 0.3 is 0 Å². The van der Waals surface area contributed by atoms with E-state index < -0.39 is 5.41 Å². The molecule has 0 atom stereocenters. The highest BCUT2D eigenvalue weighted by Crippen LogP contribution is 2.49. The zero-order chi connectivity index (χ0) is 15.0. The van der Waals surface area contributed by atoms with E-state index in [1.807, 2.05) is 43.3 Å². The van der Waals surface area contributed by atoms with Gasteiger partial charge in [-0.15, -0.1) is 0 Å².